The van der Waals surface area contributed by atoms with Crippen LogP contribution in [0.5, 0.6) is 0 Å². The first-order valence-electron chi connectivity index (χ1n) is 6.66. The van der Waals surface area contributed by atoms with E-state index in [4.69, 9.17) is 5.73 Å². The van der Waals surface area contributed by atoms with Crippen LogP contribution in [0.15, 0.2) is 35.6 Å². The van der Waals surface area contributed by atoms with Crippen molar-refractivity contribution in [3.05, 3.63) is 35.6 Å². The predicted molar refractivity (Wildman–Crippen MR) is 73.9 cm³/mol. The van der Waals surface area contributed by atoms with Crippen molar-refractivity contribution in [2.24, 2.45) is 17.1 Å². The van der Waals surface area contributed by atoms with E-state index in [9.17, 15) is 9.90 Å². The quantitative estimate of drug-likeness (QED) is 0.789. The van der Waals surface area contributed by atoms with Crippen LogP contribution >= 0.6 is 0 Å². The molecule has 1 fully saturated rings. The van der Waals surface area contributed by atoms with Crippen molar-refractivity contribution < 1.29 is 9.90 Å². The average Bonchev–Trinajstić information content (AvgIpc) is 2.41. The molecule has 2 aliphatic carbocycles. The highest BCUT2D eigenvalue weighted by Crippen LogP contribution is 2.48. The molecule has 18 heavy (non-hydrogen) atoms. The molecule has 1 saturated carbocycles. The van der Waals surface area contributed by atoms with Gasteiger partial charge in [-0.1, -0.05) is 45.4 Å². The van der Waals surface area contributed by atoms with Gasteiger partial charge in [-0.25, -0.2) is 0 Å². The van der Waals surface area contributed by atoms with Gasteiger partial charge in [-0.05, 0) is 30.4 Å². The van der Waals surface area contributed by atoms with Crippen LogP contribution in [-0.4, -0.2) is 11.1 Å². The Morgan fingerprint density at radius 1 is 1.33 bits per heavy atom. The molecule has 100 valence electrons. The van der Waals surface area contributed by atoms with E-state index >= 15 is 0 Å². The second-order valence-corrected chi connectivity index (χ2v) is 4.72. The Bertz CT molecular complexity index is 401. The number of nitrogens with two attached hydrogens (primary N) is 1. The number of carboxylic acids is 1. The molecule has 0 aliphatic heterocycles. The van der Waals surface area contributed by atoms with Crippen molar-refractivity contribution in [2.45, 2.75) is 40.0 Å². The van der Waals surface area contributed by atoms with Gasteiger partial charge in [0.2, 0.25) is 0 Å². The van der Waals surface area contributed by atoms with E-state index in [1.54, 1.807) is 6.08 Å². The molecule has 0 aromatic rings. The zero-order chi connectivity index (χ0) is 13.8. The summed E-state index contributed by atoms with van der Waals surface area (Å²) in [6.45, 7) is 6.02. The first-order chi connectivity index (χ1) is 8.54. The van der Waals surface area contributed by atoms with E-state index in [-0.39, 0.29) is 5.92 Å². The highest BCUT2D eigenvalue weighted by molar-refractivity contribution is 5.81. The third-order valence-electron chi connectivity index (χ3n) is 3.52. The SMILES string of the molecule is CC.CC1C=C(N)C=CC(C2(C(=O)O)CCC2)=C1. The largest absolute Gasteiger partial charge is 0.481 e. The molecular formula is C15H23NO2. The molecule has 3 nitrogen and oxygen atoms in total. The number of carboxylic acid groups (broad SMARTS) is 1. The fraction of sp³-hybridized carbons (Fsp3) is 0.533. The van der Waals surface area contributed by atoms with Crippen LogP contribution in [0.1, 0.15) is 40.0 Å². The third kappa shape index (κ3) is 2.66. The number of hydrogen-bond donors (Lipinski definition) is 2. The molecule has 3 heteroatoms. The van der Waals surface area contributed by atoms with Gasteiger partial charge in [-0.15, -0.1) is 0 Å². The monoisotopic (exact) mass is 249 g/mol. The number of allylic oxidation sites excluding steroid dienone is 4. The van der Waals surface area contributed by atoms with Crippen LogP contribution in [0.25, 0.3) is 0 Å². The molecule has 0 spiro atoms. The molecule has 1 atom stereocenters. The lowest BCUT2D eigenvalue weighted by molar-refractivity contribution is -0.150. The Hall–Kier alpha value is -1.51. The molecule has 0 aromatic carbocycles. The lowest BCUT2D eigenvalue weighted by Gasteiger charge is -2.39. The number of rotatable bonds is 2. The Kier molecular flexibility index (Phi) is 4.76. The first-order valence-corrected chi connectivity index (χ1v) is 6.66. The average molecular weight is 249 g/mol. The van der Waals surface area contributed by atoms with Crippen LogP contribution < -0.4 is 5.73 Å². The van der Waals surface area contributed by atoms with Crippen molar-refractivity contribution in [1.82, 2.24) is 0 Å². The standard InChI is InChI=1S/C13H17NO2.C2H6/c1-9-7-10(3-4-11(14)8-9)13(12(15)16)5-2-6-13;1-2/h3-4,7-9H,2,5-6,14H2,1H3,(H,15,16);1-2H3. The maximum Gasteiger partial charge on any atom is 0.314 e. The van der Waals surface area contributed by atoms with Crippen molar-refractivity contribution >= 4 is 5.97 Å². The van der Waals surface area contributed by atoms with Crippen LogP contribution in [-0.2, 0) is 4.79 Å². The summed E-state index contributed by atoms with van der Waals surface area (Å²) >= 11 is 0. The van der Waals surface area contributed by atoms with Gasteiger partial charge in [-0.3, -0.25) is 4.79 Å². The highest BCUT2D eigenvalue weighted by atomic mass is 16.4. The molecule has 0 bridgehead atoms. The summed E-state index contributed by atoms with van der Waals surface area (Å²) in [6.07, 6.45) is 10.1. The predicted octanol–water partition coefficient (Wildman–Crippen LogP) is 3.24. The molecule has 3 N–H and O–H groups in total. The molecule has 0 radical (unpaired) electrons. The topological polar surface area (TPSA) is 63.3 Å². The van der Waals surface area contributed by atoms with Crippen molar-refractivity contribution in [1.29, 1.82) is 0 Å². The van der Waals surface area contributed by atoms with Crippen LogP contribution in [0.4, 0.5) is 0 Å². The fourth-order valence-corrected chi connectivity index (χ4v) is 2.41. The summed E-state index contributed by atoms with van der Waals surface area (Å²) in [5, 5.41) is 9.36. The van der Waals surface area contributed by atoms with Gasteiger partial charge in [0.25, 0.3) is 0 Å². The summed E-state index contributed by atoms with van der Waals surface area (Å²) in [7, 11) is 0. The Labute approximate surface area is 109 Å². The summed E-state index contributed by atoms with van der Waals surface area (Å²) in [6, 6.07) is 0. The van der Waals surface area contributed by atoms with Crippen LogP contribution in [0.3, 0.4) is 0 Å². The summed E-state index contributed by atoms with van der Waals surface area (Å²) in [4.78, 5) is 11.4. The Balaban J connectivity index is 0.000000771. The zero-order valence-corrected chi connectivity index (χ0v) is 11.4. The lowest BCUT2D eigenvalue weighted by Crippen LogP contribution is -2.39. The molecule has 1 unspecified atom stereocenters. The Morgan fingerprint density at radius 3 is 2.39 bits per heavy atom. The van der Waals surface area contributed by atoms with Gasteiger partial charge < -0.3 is 10.8 Å². The highest BCUT2D eigenvalue weighted by Gasteiger charge is 2.46. The molecule has 0 amide bonds. The zero-order valence-electron chi connectivity index (χ0n) is 11.4. The summed E-state index contributed by atoms with van der Waals surface area (Å²) in [5.74, 6) is -0.510. The van der Waals surface area contributed by atoms with E-state index in [2.05, 4.69) is 0 Å². The molecule has 2 aliphatic rings. The molecule has 0 aromatic heterocycles. The second kappa shape index (κ2) is 5.89. The molecule has 2 rings (SSSR count). The van der Waals surface area contributed by atoms with E-state index in [0.29, 0.717) is 5.70 Å². The lowest BCUT2D eigenvalue weighted by atomic mass is 9.63. The molecule has 0 saturated heterocycles. The molecular weight excluding hydrogens is 226 g/mol. The Morgan fingerprint density at radius 2 is 1.94 bits per heavy atom. The number of carbonyl (C=O) groups is 1. The number of hydrogen-bond acceptors (Lipinski definition) is 2. The summed E-state index contributed by atoms with van der Waals surface area (Å²) < 4.78 is 0. The third-order valence-corrected chi connectivity index (χ3v) is 3.52. The number of aliphatic carboxylic acids is 1. The van der Waals surface area contributed by atoms with Crippen molar-refractivity contribution in [2.75, 3.05) is 0 Å². The van der Waals surface area contributed by atoms with Crippen LogP contribution in [0.2, 0.25) is 0 Å². The fourth-order valence-electron chi connectivity index (χ4n) is 2.41. The normalized spacial score (nSPS) is 24.7. The van der Waals surface area contributed by atoms with Gasteiger partial charge in [0.05, 0.1) is 5.41 Å². The van der Waals surface area contributed by atoms with Gasteiger partial charge in [0.15, 0.2) is 0 Å². The molecule has 0 heterocycles. The van der Waals surface area contributed by atoms with E-state index in [1.807, 2.05) is 39.0 Å². The van der Waals surface area contributed by atoms with Crippen molar-refractivity contribution in [3.63, 3.8) is 0 Å². The van der Waals surface area contributed by atoms with E-state index in [1.165, 1.54) is 0 Å². The van der Waals surface area contributed by atoms with Gasteiger partial charge >= 0.3 is 5.97 Å². The minimum atomic E-state index is -0.706. The van der Waals surface area contributed by atoms with Gasteiger partial charge in [0.1, 0.15) is 0 Å². The van der Waals surface area contributed by atoms with Gasteiger partial charge in [-0.2, -0.15) is 0 Å². The van der Waals surface area contributed by atoms with E-state index in [0.717, 1.165) is 24.8 Å². The minimum Gasteiger partial charge on any atom is -0.481 e. The first kappa shape index (κ1) is 14.6. The minimum absolute atomic E-state index is 0.196. The summed E-state index contributed by atoms with van der Waals surface area (Å²) in [5.41, 5.74) is 6.73. The second-order valence-electron chi connectivity index (χ2n) is 4.72. The van der Waals surface area contributed by atoms with Crippen molar-refractivity contribution in [3.8, 4) is 0 Å². The maximum atomic E-state index is 11.4. The van der Waals surface area contributed by atoms with Crippen LogP contribution in [0, 0.1) is 11.3 Å². The van der Waals surface area contributed by atoms with Gasteiger partial charge in [0, 0.05) is 5.70 Å². The van der Waals surface area contributed by atoms with E-state index < -0.39 is 11.4 Å². The maximum absolute atomic E-state index is 11.4. The smallest absolute Gasteiger partial charge is 0.314 e.